The van der Waals surface area contributed by atoms with Gasteiger partial charge < -0.3 is 4.74 Å². The van der Waals surface area contributed by atoms with E-state index in [1.54, 1.807) is 12.1 Å². The van der Waals surface area contributed by atoms with Crippen LogP contribution in [-0.2, 0) is 6.54 Å². The predicted octanol–water partition coefficient (Wildman–Crippen LogP) is 2.57. The second kappa shape index (κ2) is 5.83. The molecule has 1 atom stereocenters. The minimum atomic E-state index is -0.338. The number of nitrogens with zero attached hydrogens (tertiary/aromatic N) is 2. The van der Waals surface area contributed by atoms with Crippen LogP contribution >= 0.6 is 0 Å². The maximum atomic E-state index is 13.3. The van der Waals surface area contributed by atoms with Crippen LogP contribution < -0.4 is 4.74 Å². The van der Waals surface area contributed by atoms with Gasteiger partial charge in [-0.05, 0) is 37.1 Å². The summed E-state index contributed by atoms with van der Waals surface area (Å²) in [7, 11) is 1.47. The predicted molar refractivity (Wildman–Crippen MR) is 66.6 cm³/mol. The molecule has 1 aliphatic rings. The van der Waals surface area contributed by atoms with Crippen LogP contribution in [0.2, 0.25) is 0 Å². The summed E-state index contributed by atoms with van der Waals surface area (Å²) in [5.41, 5.74) is 1.02. The van der Waals surface area contributed by atoms with Crippen molar-refractivity contribution in [2.45, 2.75) is 19.4 Å². The first-order chi connectivity index (χ1) is 8.72. The van der Waals surface area contributed by atoms with E-state index in [9.17, 15) is 4.39 Å². The molecule has 1 fully saturated rings. The minimum absolute atomic E-state index is 0.126. The Kier molecular flexibility index (Phi) is 4.16. The first kappa shape index (κ1) is 12.8. The Balaban J connectivity index is 2.03. The fourth-order valence-electron chi connectivity index (χ4n) is 2.37. The van der Waals surface area contributed by atoms with Gasteiger partial charge in [0.25, 0.3) is 0 Å². The fraction of sp³-hybridized carbons (Fsp3) is 0.500. The zero-order chi connectivity index (χ0) is 13.0. The molecular weight excluding hydrogens is 231 g/mol. The molecule has 1 saturated heterocycles. The van der Waals surface area contributed by atoms with Crippen LogP contribution in [0.1, 0.15) is 18.4 Å². The molecule has 0 N–H and O–H groups in total. The topological polar surface area (TPSA) is 36.3 Å². The van der Waals surface area contributed by atoms with Crippen LogP contribution in [0, 0.1) is 23.1 Å². The van der Waals surface area contributed by atoms with Crippen LogP contribution in [0.5, 0.6) is 5.75 Å². The molecule has 2 rings (SSSR count). The van der Waals surface area contributed by atoms with Gasteiger partial charge in [0.2, 0.25) is 0 Å². The fourth-order valence-corrected chi connectivity index (χ4v) is 2.37. The molecule has 0 spiro atoms. The zero-order valence-corrected chi connectivity index (χ0v) is 10.5. The Hall–Kier alpha value is -1.60. The van der Waals surface area contributed by atoms with E-state index >= 15 is 0 Å². The molecule has 4 heteroatoms. The van der Waals surface area contributed by atoms with Crippen molar-refractivity contribution in [2.75, 3.05) is 20.2 Å². The molecule has 1 unspecified atom stereocenters. The number of likely N-dealkylation sites (tertiary alicyclic amines) is 1. The number of hydrogen-bond donors (Lipinski definition) is 0. The largest absolute Gasteiger partial charge is 0.494 e. The van der Waals surface area contributed by atoms with E-state index in [2.05, 4.69) is 11.0 Å². The van der Waals surface area contributed by atoms with Crippen molar-refractivity contribution in [1.29, 1.82) is 5.26 Å². The summed E-state index contributed by atoms with van der Waals surface area (Å²) in [6, 6.07) is 7.25. The smallest absolute Gasteiger partial charge is 0.165 e. The van der Waals surface area contributed by atoms with Gasteiger partial charge in [-0.15, -0.1) is 0 Å². The van der Waals surface area contributed by atoms with Crippen molar-refractivity contribution in [1.82, 2.24) is 4.90 Å². The zero-order valence-electron chi connectivity index (χ0n) is 10.5. The van der Waals surface area contributed by atoms with Crippen LogP contribution in [0.15, 0.2) is 18.2 Å². The molecule has 1 aromatic carbocycles. The summed E-state index contributed by atoms with van der Waals surface area (Å²) in [6.07, 6.45) is 2.04. The van der Waals surface area contributed by atoms with Crippen molar-refractivity contribution in [3.8, 4) is 11.8 Å². The van der Waals surface area contributed by atoms with Crippen molar-refractivity contribution in [3.05, 3.63) is 29.6 Å². The van der Waals surface area contributed by atoms with E-state index in [-0.39, 0.29) is 17.5 Å². The lowest BCUT2D eigenvalue weighted by molar-refractivity contribution is 0.192. The lowest BCUT2D eigenvalue weighted by atomic mass is 9.99. The molecule has 1 aromatic rings. The third-order valence-electron chi connectivity index (χ3n) is 3.31. The van der Waals surface area contributed by atoms with Gasteiger partial charge in [-0.1, -0.05) is 6.07 Å². The monoisotopic (exact) mass is 248 g/mol. The van der Waals surface area contributed by atoms with Crippen molar-refractivity contribution < 1.29 is 9.13 Å². The summed E-state index contributed by atoms with van der Waals surface area (Å²) in [5, 5.41) is 8.95. The summed E-state index contributed by atoms with van der Waals surface area (Å²) < 4.78 is 18.3. The third kappa shape index (κ3) is 2.99. The molecule has 0 aliphatic carbocycles. The molecule has 18 heavy (non-hydrogen) atoms. The molecular formula is C14H17FN2O. The normalized spacial score (nSPS) is 20.4. The Labute approximate surface area is 107 Å². The highest BCUT2D eigenvalue weighted by molar-refractivity contribution is 5.30. The highest BCUT2D eigenvalue weighted by atomic mass is 19.1. The standard InChI is InChI=1S/C14H17FN2O/c1-18-14-7-11(4-5-13(14)15)9-17-6-2-3-12(8-16)10-17/h4-5,7,12H,2-3,6,9-10H2,1H3. The lowest BCUT2D eigenvalue weighted by Gasteiger charge is -2.29. The number of methoxy groups -OCH3 is 1. The van der Waals surface area contributed by atoms with Gasteiger partial charge in [-0.25, -0.2) is 4.39 Å². The van der Waals surface area contributed by atoms with Crippen LogP contribution in [0.3, 0.4) is 0 Å². The second-order valence-corrected chi connectivity index (χ2v) is 4.67. The van der Waals surface area contributed by atoms with Gasteiger partial charge in [0.15, 0.2) is 11.6 Å². The number of piperidine rings is 1. The molecule has 0 radical (unpaired) electrons. The molecule has 96 valence electrons. The number of halogens is 1. The summed E-state index contributed by atoms with van der Waals surface area (Å²) in [6.45, 7) is 2.54. The average molecular weight is 248 g/mol. The van der Waals surface area contributed by atoms with Crippen molar-refractivity contribution in [2.24, 2.45) is 5.92 Å². The first-order valence-corrected chi connectivity index (χ1v) is 6.17. The Bertz CT molecular complexity index is 456. The molecule has 0 saturated carbocycles. The maximum Gasteiger partial charge on any atom is 0.165 e. The molecule has 1 aliphatic heterocycles. The number of rotatable bonds is 3. The lowest BCUT2D eigenvalue weighted by Crippen LogP contribution is -2.34. The highest BCUT2D eigenvalue weighted by Gasteiger charge is 2.19. The minimum Gasteiger partial charge on any atom is -0.494 e. The SMILES string of the molecule is COc1cc(CN2CCCC(C#N)C2)ccc1F. The van der Waals surface area contributed by atoms with Gasteiger partial charge in [0, 0.05) is 13.1 Å². The van der Waals surface area contributed by atoms with E-state index in [0.29, 0.717) is 0 Å². The van der Waals surface area contributed by atoms with Crippen LogP contribution in [-0.4, -0.2) is 25.1 Å². The molecule has 0 bridgehead atoms. The summed E-state index contributed by atoms with van der Waals surface area (Å²) in [5.74, 6) is 0.0669. The van der Waals surface area contributed by atoms with Gasteiger partial charge >= 0.3 is 0 Å². The number of benzene rings is 1. The van der Waals surface area contributed by atoms with E-state index in [0.717, 1.165) is 38.0 Å². The van der Waals surface area contributed by atoms with Gasteiger partial charge in [-0.3, -0.25) is 4.90 Å². The summed E-state index contributed by atoms with van der Waals surface area (Å²) in [4.78, 5) is 2.24. The van der Waals surface area contributed by atoms with E-state index in [4.69, 9.17) is 10.00 Å². The van der Waals surface area contributed by atoms with Crippen LogP contribution in [0.4, 0.5) is 4.39 Å². The molecule has 0 aromatic heterocycles. The van der Waals surface area contributed by atoms with Gasteiger partial charge in [-0.2, -0.15) is 5.26 Å². The number of ether oxygens (including phenoxy) is 1. The maximum absolute atomic E-state index is 13.3. The second-order valence-electron chi connectivity index (χ2n) is 4.67. The number of hydrogen-bond acceptors (Lipinski definition) is 3. The Morgan fingerprint density at radius 2 is 2.39 bits per heavy atom. The Morgan fingerprint density at radius 1 is 1.56 bits per heavy atom. The van der Waals surface area contributed by atoms with E-state index in [1.165, 1.54) is 13.2 Å². The number of nitriles is 1. The Morgan fingerprint density at radius 3 is 3.11 bits per heavy atom. The average Bonchev–Trinajstić information content (AvgIpc) is 2.41. The highest BCUT2D eigenvalue weighted by Crippen LogP contribution is 2.22. The van der Waals surface area contributed by atoms with Gasteiger partial charge in [0.05, 0.1) is 19.1 Å². The molecule has 0 amide bonds. The quantitative estimate of drug-likeness (QED) is 0.824. The van der Waals surface area contributed by atoms with Gasteiger partial charge in [0.1, 0.15) is 0 Å². The van der Waals surface area contributed by atoms with Crippen LogP contribution in [0.25, 0.3) is 0 Å². The first-order valence-electron chi connectivity index (χ1n) is 6.17. The molecule has 1 heterocycles. The summed E-state index contributed by atoms with van der Waals surface area (Å²) >= 11 is 0. The third-order valence-corrected chi connectivity index (χ3v) is 3.31. The van der Waals surface area contributed by atoms with Crippen molar-refractivity contribution >= 4 is 0 Å². The van der Waals surface area contributed by atoms with E-state index in [1.807, 2.05) is 0 Å². The van der Waals surface area contributed by atoms with E-state index < -0.39 is 0 Å². The van der Waals surface area contributed by atoms with Crippen molar-refractivity contribution in [3.63, 3.8) is 0 Å². The molecule has 3 nitrogen and oxygen atoms in total.